The minimum atomic E-state index is -3.13. The maximum Gasteiger partial charge on any atom is 0.190 e. The summed E-state index contributed by atoms with van der Waals surface area (Å²) >= 11 is 0. The van der Waals surface area contributed by atoms with Crippen LogP contribution in [-0.4, -0.2) is 65.3 Å². The fourth-order valence-corrected chi connectivity index (χ4v) is 3.03. The third kappa shape index (κ3) is 8.67. The molecule has 0 aromatic heterocycles. The summed E-state index contributed by atoms with van der Waals surface area (Å²) in [4.78, 5) is 6.94. The molecule has 0 saturated heterocycles. The summed E-state index contributed by atoms with van der Waals surface area (Å²) in [5, 5.41) is 6.62. The lowest BCUT2D eigenvalue weighted by Crippen LogP contribution is -2.39. The molecule has 0 unspecified atom stereocenters. The van der Waals surface area contributed by atoms with E-state index < -0.39 is 9.84 Å². The zero-order valence-electron chi connectivity index (χ0n) is 16.7. The fourth-order valence-electron chi connectivity index (χ4n) is 2.40. The zero-order valence-corrected chi connectivity index (χ0v) is 17.6. The molecule has 0 heterocycles. The summed E-state index contributed by atoms with van der Waals surface area (Å²) in [6.07, 6.45) is 4.29. The molecule has 6 nitrogen and oxygen atoms in total. The molecular formula is C19H34N4O2S. The number of hydrogen-bond donors (Lipinski definition) is 2. The molecule has 0 aliphatic carbocycles. The molecule has 0 saturated carbocycles. The molecule has 7 heteroatoms. The van der Waals surface area contributed by atoms with Gasteiger partial charge in [-0.05, 0) is 64.4 Å². The predicted molar refractivity (Wildman–Crippen MR) is 110 cm³/mol. The molecule has 0 fully saturated rings. The van der Waals surface area contributed by atoms with E-state index in [0.29, 0.717) is 10.9 Å². The van der Waals surface area contributed by atoms with Gasteiger partial charge in [0.25, 0.3) is 0 Å². The van der Waals surface area contributed by atoms with Gasteiger partial charge in [-0.2, -0.15) is 0 Å². The highest BCUT2D eigenvalue weighted by Crippen LogP contribution is 2.10. The third-order valence-electron chi connectivity index (χ3n) is 4.39. The van der Waals surface area contributed by atoms with E-state index in [1.54, 1.807) is 19.2 Å². The van der Waals surface area contributed by atoms with Crippen LogP contribution < -0.4 is 10.6 Å². The highest BCUT2D eigenvalue weighted by molar-refractivity contribution is 7.90. The van der Waals surface area contributed by atoms with Gasteiger partial charge in [-0.15, -0.1) is 0 Å². The average Bonchev–Trinajstić information content (AvgIpc) is 2.59. The largest absolute Gasteiger partial charge is 0.356 e. The number of guanidine groups is 1. The average molecular weight is 383 g/mol. The van der Waals surface area contributed by atoms with Crippen molar-refractivity contribution in [2.45, 2.75) is 44.0 Å². The number of unbranched alkanes of at least 4 members (excludes halogenated alkanes) is 1. The zero-order chi connectivity index (χ0) is 19.6. The van der Waals surface area contributed by atoms with Crippen molar-refractivity contribution in [3.63, 3.8) is 0 Å². The number of aliphatic imine (C=N–C) groups is 1. The van der Waals surface area contributed by atoms with Crippen LogP contribution in [0.2, 0.25) is 0 Å². The Labute approximate surface area is 159 Å². The van der Waals surface area contributed by atoms with Crippen molar-refractivity contribution < 1.29 is 8.42 Å². The van der Waals surface area contributed by atoms with Crippen LogP contribution in [0.5, 0.6) is 0 Å². The Kier molecular flexibility index (Phi) is 9.65. The number of hydrogen-bond acceptors (Lipinski definition) is 4. The van der Waals surface area contributed by atoms with Crippen LogP contribution in [0.3, 0.4) is 0 Å². The Balaban J connectivity index is 2.26. The van der Waals surface area contributed by atoms with Crippen LogP contribution in [-0.2, 0) is 16.3 Å². The molecular weight excluding hydrogens is 348 g/mol. The van der Waals surface area contributed by atoms with Crippen molar-refractivity contribution in [1.29, 1.82) is 0 Å². The van der Waals surface area contributed by atoms with E-state index in [4.69, 9.17) is 0 Å². The van der Waals surface area contributed by atoms with E-state index in [2.05, 4.69) is 41.4 Å². The first-order valence-corrected chi connectivity index (χ1v) is 11.1. The SMILES string of the molecule is CN=C(NCCCCN(C)C(C)C)NCCc1ccc(S(C)(=O)=O)cc1. The van der Waals surface area contributed by atoms with Crippen LogP contribution in [0.25, 0.3) is 0 Å². The highest BCUT2D eigenvalue weighted by Gasteiger charge is 2.06. The maximum atomic E-state index is 11.5. The maximum absolute atomic E-state index is 11.5. The number of sulfone groups is 1. The molecule has 0 radical (unpaired) electrons. The van der Waals surface area contributed by atoms with Crippen LogP contribution in [0, 0.1) is 0 Å². The van der Waals surface area contributed by atoms with E-state index in [1.807, 2.05) is 12.1 Å². The highest BCUT2D eigenvalue weighted by atomic mass is 32.2. The van der Waals surface area contributed by atoms with Gasteiger partial charge in [-0.1, -0.05) is 12.1 Å². The number of rotatable bonds is 10. The Morgan fingerprint density at radius 3 is 2.27 bits per heavy atom. The summed E-state index contributed by atoms with van der Waals surface area (Å²) in [6.45, 7) is 7.16. The first-order chi connectivity index (χ1) is 12.2. The standard InChI is InChI=1S/C19H34N4O2S/c1-16(2)23(4)15-7-6-13-21-19(20-3)22-14-12-17-8-10-18(11-9-17)26(5,24)25/h8-11,16H,6-7,12-15H2,1-5H3,(H2,20,21,22). The van der Waals surface area contributed by atoms with Gasteiger partial charge in [0.1, 0.15) is 0 Å². The first kappa shape index (κ1) is 22.4. The minimum Gasteiger partial charge on any atom is -0.356 e. The van der Waals surface area contributed by atoms with E-state index >= 15 is 0 Å². The van der Waals surface area contributed by atoms with Gasteiger partial charge in [0.2, 0.25) is 0 Å². The number of nitrogens with one attached hydrogen (secondary N) is 2. The molecule has 0 bridgehead atoms. The summed E-state index contributed by atoms with van der Waals surface area (Å²) in [6, 6.07) is 7.63. The van der Waals surface area contributed by atoms with Gasteiger partial charge < -0.3 is 15.5 Å². The Morgan fingerprint density at radius 1 is 1.12 bits per heavy atom. The van der Waals surface area contributed by atoms with E-state index in [9.17, 15) is 8.42 Å². The predicted octanol–water partition coefficient (Wildman–Crippen LogP) is 1.92. The molecule has 2 N–H and O–H groups in total. The van der Waals surface area contributed by atoms with Crippen LogP contribution in [0.1, 0.15) is 32.3 Å². The quantitative estimate of drug-likeness (QED) is 0.367. The molecule has 1 aromatic carbocycles. The number of benzene rings is 1. The molecule has 1 rings (SSSR count). The normalized spacial score (nSPS) is 12.7. The van der Waals surface area contributed by atoms with Gasteiger partial charge in [0.15, 0.2) is 15.8 Å². The van der Waals surface area contributed by atoms with Crippen molar-refractivity contribution in [2.24, 2.45) is 4.99 Å². The Bertz CT molecular complexity index is 655. The molecule has 26 heavy (non-hydrogen) atoms. The van der Waals surface area contributed by atoms with Gasteiger partial charge in [-0.25, -0.2) is 8.42 Å². The second-order valence-corrected chi connectivity index (χ2v) is 8.89. The van der Waals surface area contributed by atoms with Gasteiger partial charge in [-0.3, -0.25) is 4.99 Å². The molecule has 0 aliphatic rings. The lowest BCUT2D eigenvalue weighted by atomic mass is 10.1. The summed E-state index contributed by atoms with van der Waals surface area (Å²) in [7, 11) is 0.790. The van der Waals surface area contributed by atoms with Gasteiger partial charge in [0, 0.05) is 32.4 Å². The molecule has 0 spiro atoms. The smallest absolute Gasteiger partial charge is 0.190 e. The topological polar surface area (TPSA) is 73.8 Å². The Morgan fingerprint density at radius 2 is 1.73 bits per heavy atom. The molecule has 148 valence electrons. The van der Waals surface area contributed by atoms with Crippen molar-refractivity contribution >= 4 is 15.8 Å². The van der Waals surface area contributed by atoms with Crippen molar-refractivity contribution in [2.75, 3.05) is 40.0 Å². The third-order valence-corrected chi connectivity index (χ3v) is 5.52. The Hall–Kier alpha value is -1.60. The lowest BCUT2D eigenvalue weighted by molar-refractivity contribution is 0.268. The van der Waals surface area contributed by atoms with E-state index in [0.717, 1.165) is 50.4 Å². The van der Waals surface area contributed by atoms with Crippen molar-refractivity contribution in [1.82, 2.24) is 15.5 Å². The second kappa shape index (κ2) is 11.2. The molecule has 0 atom stereocenters. The summed E-state index contributed by atoms with van der Waals surface area (Å²) in [5.41, 5.74) is 1.09. The molecule has 1 aromatic rings. The lowest BCUT2D eigenvalue weighted by Gasteiger charge is -2.20. The number of nitrogens with zero attached hydrogens (tertiary/aromatic N) is 2. The van der Waals surface area contributed by atoms with Crippen molar-refractivity contribution in [3.05, 3.63) is 29.8 Å². The van der Waals surface area contributed by atoms with Gasteiger partial charge >= 0.3 is 0 Å². The summed E-state index contributed by atoms with van der Waals surface area (Å²) in [5.74, 6) is 0.801. The van der Waals surface area contributed by atoms with Crippen LogP contribution in [0.15, 0.2) is 34.2 Å². The molecule has 0 amide bonds. The molecule has 0 aliphatic heterocycles. The van der Waals surface area contributed by atoms with Crippen LogP contribution in [0.4, 0.5) is 0 Å². The van der Waals surface area contributed by atoms with Crippen LogP contribution >= 0.6 is 0 Å². The summed E-state index contributed by atoms with van der Waals surface area (Å²) < 4.78 is 22.9. The second-order valence-electron chi connectivity index (χ2n) is 6.87. The van der Waals surface area contributed by atoms with Crippen molar-refractivity contribution in [3.8, 4) is 0 Å². The monoisotopic (exact) mass is 382 g/mol. The first-order valence-electron chi connectivity index (χ1n) is 9.17. The fraction of sp³-hybridized carbons (Fsp3) is 0.632. The minimum absolute atomic E-state index is 0.356. The van der Waals surface area contributed by atoms with Gasteiger partial charge in [0.05, 0.1) is 4.90 Å². The van der Waals surface area contributed by atoms with E-state index in [1.165, 1.54) is 6.26 Å². The van der Waals surface area contributed by atoms with E-state index in [-0.39, 0.29) is 0 Å².